The lowest BCUT2D eigenvalue weighted by molar-refractivity contribution is -0.139. The summed E-state index contributed by atoms with van der Waals surface area (Å²) in [4.78, 5) is 12.5. The number of hydrogen-bond acceptors (Lipinski definition) is 2. The van der Waals surface area contributed by atoms with E-state index in [9.17, 15) is 9.90 Å². The number of benzene rings is 1. The molecule has 16 heavy (non-hydrogen) atoms. The van der Waals surface area contributed by atoms with Crippen LogP contribution in [0.5, 0.6) is 0 Å². The lowest BCUT2D eigenvalue weighted by Gasteiger charge is -2.19. The molecular weight excluding hydrogens is 220 g/mol. The number of aliphatic carboxylic acids is 1. The highest BCUT2D eigenvalue weighted by atomic mass is 32.1. The van der Waals surface area contributed by atoms with Crippen molar-refractivity contribution in [1.82, 2.24) is 0 Å². The normalized spacial score (nSPS) is 19.6. The third-order valence-corrected chi connectivity index (χ3v) is 4.50. The molecule has 1 heterocycles. The van der Waals surface area contributed by atoms with Crippen molar-refractivity contribution >= 4 is 27.4 Å². The predicted molar refractivity (Wildman–Crippen MR) is 65.1 cm³/mol. The number of aryl methyl sites for hydroxylation is 1. The summed E-state index contributed by atoms with van der Waals surface area (Å²) in [6, 6.07) is 8.13. The SMILES string of the molecule is O=C(O)C1CCCc2sc3ccccc3c21. The van der Waals surface area contributed by atoms with Crippen LogP contribution in [0.2, 0.25) is 0 Å². The van der Waals surface area contributed by atoms with Gasteiger partial charge in [0.05, 0.1) is 5.92 Å². The minimum absolute atomic E-state index is 0.292. The van der Waals surface area contributed by atoms with E-state index in [4.69, 9.17) is 0 Å². The molecule has 2 nitrogen and oxygen atoms in total. The molecule has 1 atom stereocenters. The lowest BCUT2D eigenvalue weighted by Crippen LogP contribution is -2.16. The van der Waals surface area contributed by atoms with Gasteiger partial charge >= 0.3 is 5.97 Å². The number of fused-ring (bicyclic) bond motifs is 3. The first-order valence-corrected chi connectivity index (χ1v) is 6.32. The van der Waals surface area contributed by atoms with Crippen LogP contribution in [0.15, 0.2) is 24.3 Å². The van der Waals surface area contributed by atoms with Crippen LogP contribution in [0.25, 0.3) is 10.1 Å². The summed E-state index contributed by atoms with van der Waals surface area (Å²) in [5.74, 6) is -0.968. The molecule has 1 N–H and O–H groups in total. The maximum atomic E-state index is 11.3. The number of rotatable bonds is 1. The number of carboxylic acids is 1. The average Bonchev–Trinajstić information content (AvgIpc) is 2.66. The largest absolute Gasteiger partial charge is 0.481 e. The van der Waals surface area contributed by atoms with Crippen molar-refractivity contribution in [2.75, 3.05) is 0 Å². The predicted octanol–water partition coefficient (Wildman–Crippen LogP) is 3.41. The zero-order chi connectivity index (χ0) is 11.1. The first kappa shape index (κ1) is 9.85. The second-order valence-corrected chi connectivity index (χ2v) is 5.35. The Morgan fingerprint density at radius 1 is 1.38 bits per heavy atom. The molecule has 0 saturated heterocycles. The van der Waals surface area contributed by atoms with Crippen LogP contribution >= 0.6 is 11.3 Å². The molecule has 1 aliphatic rings. The van der Waals surface area contributed by atoms with Gasteiger partial charge in [-0.3, -0.25) is 4.79 Å². The topological polar surface area (TPSA) is 37.3 Å². The van der Waals surface area contributed by atoms with Gasteiger partial charge in [-0.15, -0.1) is 11.3 Å². The minimum atomic E-state index is -0.676. The highest BCUT2D eigenvalue weighted by Crippen LogP contribution is 2.42. The zero-order valence-corrected chi connectivity index (χ0v) is 9.59. The van der Waals surface area contributed by atoms with Crippen LogP contribution in [0.3, 0.4) is 0 Å². The van der Waals surface area contributed by atoms with Crippen molar-refractivity contribution in [1.29, 1.82) is 0 Å². The van der Waals surface area contributed by atoms with Gasteiger partial charge in [0, 0.05) is 9.58 Å². The fourth-order valence-corrected chi connectivity index (χ4v) is 3.85. The third kappa shape index (κ3) is 1.35. The lowest BCUT2D eigenvalue weighted by atomic mass is 9.86. The number of carbonyl (C=O) groups is 1. The fraction of sp³-hybridized carbons (Fsp3) is 0.308. The molecule has 1 unspecified atom stereocenters. The summed E-state index contributed by atoms with van der Waals surface area (Å²) in [7, 11) is 0. The second-order valence-electron chi connectivity index (χ2n) is 4.22. The summed E-state index contributed by atoms with van der Waals surface area (Å²) < 4.78 is 1.22. The molecule has 3 heteroatoms. The summed E-state index contributed by atoms with van der Waals surface area (Å²) >= 11 is 1.76. The van der Waals surface area contributed by atoms with Crippen LogP contribution in [-0.4, -0.2) is 11.1 Å². The molecule has 0 bridgehead atoms. The molecule has 1 aromatic heterocycles. The smallest absolute Gasteiger partial charge is 0.311 e. The molecule has 0 fully saturated rings. The summed E-state index contributed by atoms with van der Waals surface area (Å²) in [5.41, 5.74) is 1.08. The summed E-state index contributed by atoms with van der Waals surface area (Å²) in [5, 5.41) is 10.4. The van der Waals surface area contributed by atoms with E-state index < -0.39 is 5.97 Å². The van der Waals surface area contributed by atoms with Gasteiger partial charge in [-0.2, -0.15) is 0 Å². The van der Waals surface area contributed by atoms with Gasteiger partial charge in [0.2, 0.25) is 0 Å². The maximum absolute atomic E-state index is 11.3. The van der Waals surface area contributed by atoms with Crippen LogP contribution in [0.1, 0.15) is 29.2 Å². The van der Waals surface area contributed by atoms with Gasteiger partial charge in [-0.1, -0.05) is 18.2 Å². The van der Waals surface area contributed by atoms with Gasteiger partial charge in [-0.25, -0.2) is 0 Å². The van der Waals surface area contributed by atoms with Crippen LogP contribution in [0, 0.1) is 0 Å². The fourth-order valence-electron chi connectivity index (χ4n) is 2.54. The van der Waals surface area contributed by atoms with Crippen LogP contribution < -0.4 is 0 Å². The van der Waals surface area contributed by atoms with Gasteiger partial charge in [0.15, 0.2) is 0 Å². The third-order valence-electron chi connectivity index (χ3n) is 3.25. The highest BCUT2D eigenvalue weighted by molar-refractivity contribution is 7.19. The maximum Gasteiger partial charge on any atom is 0.311 e. The Labute approximate surface area is 97.5 Å². The van der Waals surface area contributed by atoms with E-state index in [0.29, 0.717) is 0 Å². The Kier molecular flexibility index (Phi) is 2.21. The Morgan fingerprint density at radius 3 is 3.00 bits per heavy atom. The zero-order valence-electron chi connectivity index (χ0n) is 8.77. The monoisotopic (exact) mass is 232 g/mol. The second kappa shape index (κ2) is 3.59. The van der Waals surface area contributed by atoms with E-state index in [0.717, 1.165) is 30.2 Å². The van der Waals surface area contributed by atoms with Crippen LogP contribution in [0.4, 0.5) is 0 Å². The molecule has 2 aromatic rings. The minimum Gasteiger partial charge on any atom is -0.481 e. The Hall–Kier alpha value is -1.35. The van der Waals surface area contributed by atoms with Crippen molar-refractivity contribution in [2.45, 2.75) is 25.2 Å². The molecule has 82 valence electrons. The Balaban J connectivity index is 2.28. The first-order chi connectivity index (χ1) is 7.77. The molecule has 0 radical (unpaired) electrons. The van der Waals surface area contributed by atoms with Gasteiger partial charge in [0.1, 0.15) is 0 Å². The molecular formula is C13H12O2S. The van der Waals surface area contributed by atoms with Gasteiger partial charge < -0.3 is 5.11 Å². The van der Waals surface area contributed by atoms with Crippen molar-refractivity contribution < 1.29 is 9.90 Å². The van der Waals surface area contributed by atoms with E-state index in [2.05, 4.69) is 6.07 Å². The summed E-state index contributed by atoms with van der Waals surface area (Å²) in [6.07, 6.45) is 2.82. The van der Waals surface area contributed by atoms with E-state index in [1.54, 1.807) is 11.3 Å². The molecule has 3 rings (SSSR count). The number of hydrogen-bond donors (Lipinski definition) is 1. The summed E-state index contributed by atoms with van der Waals surface area (Å²) in [6.45, 7) is 0. The number of thiophene rings is 1. The van der Waals surface area contributed by atoms with Gasteiger partial charge in [-0.05, 0) is 36.3 Å². The molecule has 0 amide bonds. The Morgan fingerprint density at radius 2 is 2.19 bits per heavy atom. The van der Waals surface area contributed by atoms with Crippen molar-refractivity contribution in [3.8, 4) is 0 Å². The highest BCUT2D eigenvalue weighted by Gasteiger charge is 2.29. The van der Waals surface area contributed by atoms with E-state index in [1.165, 1.54) is 9.58 Å². The van der Waals surface area contributed by atoms with Crippen molar-refractivity contribution in [3.05, 3.63) is 34.7 Å². The Bertz CT molecular complexity index is 556. The van der Waals surface area contributed by atoms with Crippen LogP contribution in [-0.2, 0) is 11.2 Å². The number of carboxylic acid groups (broad SMARTS) is 1. The van der Waals surface area contributed by atoms with Gasteiger partial charge in [0.25, 0.3) is 0 Å². The standard InChI is InChI=1S/C13H12O2S/c14-13(15)9-5-3-7-11-12(9)8-4-1-2-6-10(8)16-11/h1-2,4,6,9H,3,5,7H2,(H,14,15). The molecule has 0 saturated carbocycles. The quantitative estimate of drug-likeness (QED) is 0.818. The average molecular weight is 232 g/mol. The first-order valence-electron chi connectivity index (χ1n) is 5.50. The molecule has 0 spiro atoms. The van der Waals surface area contributed by atoms with E-state index in [1.807, 2.05) is 18.2 Å². The van der Waals surface area contributed by atoms with E-state index in [-0.39, 0.29) is 5.92 Å². The molecule has 1 aromatic carbocycles. The molecule has 0 aliphatic heterocycles. The molecule has 1 aliphatic carbocycles. The van der Waals surface area contributed by atoms with Crippen molar-refractivity contribution in [2.24, 2.45) is 0 Å². The van der Waals surface area contributed by atoms with Crippen molar-refractivity contribution in [3.63, 3.8) is 0 Å². The van der Waals surface area contributed by atoms with E-state index >= 15 is 0 Å².